The van der Waals surface area contributed by atoms with Crippen molar-refractivity contribution >= 4 is 29.3 Å². The fraction of sp³-hybridized carbons (Fsp3) is 0.333. The molecule has 0 atom stereocenters. The maximum Gasteiger partial charge on any atom is 0.351 e. The van der Waals surface area contributed by atoms with Crippen molar-refractivity contribution in [1.82, 2.24) is 0 Å². The fourth-order valence-corrected chi connectivity index (χ4v) is 2.08. The molecule has 1 aromatic rings. The number of nitrogens with zero attached hydrogens (tertiary/aromatic N) is 2. The molecule has 0 heterocycles. The Morgan fingerprint density at radius 1 is 1.47 bits per heavy atom. The third-order valence-electron chi connectivity index (χ3n) is 2.50. The summed E-state index contributed by atoms with van der Waals surface area (Å²) >= 11 is 6.18. The Morgan fingerprint density at radius 2 is 2.11 bits per heavy atom. The first-order valence-electron chi connectivity index (χ1n) is 5.66. The molecule has 0 bridgehead atoms. The number of aryl methyl sites for hydroxylation is 1. The van der Waals surface area contributed by atoms with Crippen LogP contribution in [0.2, 0.25) is 5.02 Å². The van der Waals surface area contributed by atoms with Gasteiger partial charge in [0.15, 0.2) is 5.96 Å². The Balaban J connectivity index is 3.26. The molecule has 19 heavy (non-hydrogen) atoms. The molecule has 0 saturated heterocycles. The van der Waals surface area contributed by atoms with Crippen LogP contribution in [0.1, 0.15) is 12.5 Å². The largest absolute Gasteiger partial charge is 0.497 e. The van der Waals surface area contributed by atoms with E-state index in [0.717, 1.165) is 5.56 Å². The van der Waals surface area contributed by atoms with Gasteiger partial charge in [0.25, 0.3) is 0 Å². The summed E-state index contributed by atoms with van der Waals surface area (Å²) in [5.41, 5.74) is 11.8. The molecule has 4 N–H and O–H groups in total. The lowest BCUT2D eigenvalue weighted by molar-refractivity contribution is 0.254. The quantitative estimate of drug-likeness (QED) is 0.654. The molecule has 104 valence electrons. The van der Waals surface area contributed by atoms with E-state index in [1.54, 1.807) is 26.2 Å². The Morgan fingerprint density at radius 3 is 2.53 bits per heavy atom. The average Bonchev–Trinajstić information content (AvgIpc) is 2.32. The van der Waals surface area contributed by atoms with Crippen LogP contribution in [0.3, 0.4) is 0 Å². The summed E-state index contributed by atoms with van der Waals surface area (Å²) in [5.74, 6) is 0.335. The summed E-state index contributed by atoms with van der Waals surface area (Å²) in [6, 6.07) is 2.86. The highest BCUT2D eigenvalue weighted by atomic mass is 35.5. The molecule has 2 amide bonds. The SMILES string of the molecule is CCN(C(=O)N=C(N)N)c1c(C)cc(OC)cc1Cl. The maximum absolute atomic E-state index is 11.9. The van der Waals surface area contributed by atoms with Crippen LogP contribution in [0.25, 0.3) is 0 Å². The highest BCUT2D eigenvalue weighted by Crippen LogP contribution is 2.34. The maximum atomic E-state index is 11.9. The minimum absolute atomic E-state index is 0.286. The molecule has 7 heteroatoms. The zero-order valence-corrected chi connectivity index (χ0v) is 11.9. The van der Waals surface area contributed by atoms with Gasteiger partial charge >= 0.3 is 6.03 Å². The first-order valence-corrected chi connectivity index (χ1v) is 6.03. The van der Waals surface area contributed by atoms with Crippen LogP contribution in [0.5, 0.6) is 5.75 Å². The van der Waals surface area contributed by atoms with Crippen LogP contribution < -0.4 is 21.1 Å². The summed E-state index contributed by atoms with van der Waals surface area (Å²) in [7, 11) is 1.55. The van der Waals surface area contributed by atoms with E-state index in [9.17, 15) is 4.79 Å². The topological polar surface area (TPSA) is 93.9 Å². The van der Waals surface area contributed by atoms with Crippen molar-refractivity contribution in [2.75, 3.05) is 18.6 Å². The molecule has 6 nitrogen and oxygen atoms in total. The smallest absolute Gasteiger partial charge is 0.351 e. The lowest BCUT2D eigenvalue weighted by Crippen LogP contribution is -2.33. The third kappa shape index (κ3) is 3.51. The number of guanidine groups is 1. The number of methoxy groups -OCH3 is 1. The van der Waals surface area contributed by atoms with Crippen molar-refractivity contribution in [3.8, 4) is 5.75 Å². The van der Waals surface area contributed by atoms with Crippen LogP contribution in [0, 0.1) is 6.92 Å². The Hall–Kier alpha value is -1.95. The van der Waals surface area contributed by atoms with Gasteiger partial charge in [0, 0.05) is 12.6 Å². The molecule has 0 unspecified atom stereocenters. The van der Waals surface area contributed by atoms with Gasteiger partial charge in [-0.25, -0.2) is 4.79 Å². The lowest BCUT2D eigenvalue weighted by atomic mass is 10.1. The van der Waals surface area contributed by atoms with E-state index in [1.807, 2.05) is 6.92 Å². The fourth-order valence-electron chi connectivity index (χ4n) is 1.72. The molecule has 0 aliphatic heterocycles. The van der Waals surface area contributed by atoms with Crippen LogP contribution in [-0.2, 0) is 0 Å². The molecular weight excluding hydrogens is 268 g/mol. The van der Waals surface area contributed by atoms with Gasteiger partial charge < -0.3 is 16.2 Å². The summed E-state index contributed by atoms with van der Waals surface area (Å²) < 4.78 is 5.11. The van der Waals surface area contributed by atoms with Gasteiger partial charge in [0.05, 0.1) is 17.8 Å². The number of halogens is 1. The van der Waals surface area contributed by atoms with Gasteiger partial charge in [0.1, 0.15) is 5.75 Å². The molecule has 0 fully saturated rings. The minimum Gasteiger partial charge on any atom is -0.497 e. The Labute approximate surface area is 117 Å². The molecule has 1 rings (SSSR count). The van der Waals surface area contributed by atoms with Gasteiger partial charge in [0.2, 0.25) is 0 Å². The van der Waals surface area contributed by atoms with Crippen LogP contribution in [0.4, 0.5) is 10.5 Å². The summed E-state index contributed by atoms with van der Waals surface area (Å²) in [5, 5.41) is 0.401. The number of anilines is 1. The van der Waals surface area contributed by atoms with E-state index < -0.39 is 6.03 Å². The van der Waals surface area contributed by atoms with E-state index in [4.69, 9.17) is 27.8 Å². The number of amides is 2. The number of ether oxygens (including phenoxy) is 1. The van der Waals surface area contributed by atoms with Crippen molar-refractivity contribution in [1.29, 1.82) is 0 Å². The van der Waals surface area contributed by atoms with Crippen molar-refractivity contribution in [3.05, 3.63) is 22.7 Å². The van der Waals surface area contributed by atoms with Crippen LogP contribution >= 0.6 is 11.6 Å². The van der Waals surface area contributed by atoms with Crippen molar-refractivity contribution in [2.24, 2.45) is 16.5 Å². The van der Waals surface area contributed by atoms with Crippen molar-refractivity contribution in [3.63, 3.8) is 0 Å². The van der Waals surface area contributed by atoms with Gasteiger partial charge in [-0.3, -0.25) is 4.90 Å². The van der Waals surface area contributed by atoms with E-state index in [2.05, 4.69) is 4.99 Å². The van der Waals surface area contributed by atoms with E-state index >= 15 is 0 Å². The minimum atomic E-state index is -0.558. The second-order valence-corrected chi connectivity index (χ2v) is 4.25. The highest BCUT2D eigenvalue weighted by molar-refractivity contribution is 6.34. The van der Waals surface area contributed by atoms with Gasteiger partial charge in [-0.2, -0.15) is 4.99 Å². The molecule has 0 aliphatic carbocycles. The first-order chi connectivity index (χ1) is 8.90. The normalized spacial score (nSPS) is 9.89. The molecular formula is C12H17ClN4O2. The predicted octanol–water partition coefficient (Wildman–Crippen LogP) is 1.88. The summed E-state index contributed by atoms with van der Waals surface area (Å²) in [6.07, 6.45) is 0. The molecule has 1 aromatic carbocycles. The zero-order valence-electron chi connectivity index (χ0n) is 11.1. The van der Waals surface area contributed by atoms with Crippen molar-refractivity contribution in [2.45, 2.75) is 13.8 Å². The second kappa shape index (κ2) is 6.29. The number of aliphatic imine (C=N–C) groups is 1. The van der Waals surface area contributed by atoms with Crippen LogP contribution in [-0.4, -0.2) is 25.6 Å². The second-order valence-electron chi connectivity index (χ2n) is 3.84. The summed E-state index contributed by atoms with van der Waals surface area (Å²) in [6.45, 7) is 4.03. The number of rotatable bonds is 3. The predicted molar refractivity (Wildman–Crippen MR) is 77.0 cm³/mol. The molecule has 0 aromatic heterocycles. The Kier molecular flexibility index (Phi) is 5.00. The van der Waals surface area contributed by atoms with Gasteiger partial charge in [-0.15, -0.1) is 0 Å². The number of carbonyl (C=O) groups excluding carboxylic acids is 1. The molecule has 0 spiro atoms. The third-order valence-corrected chi connectivity index (χ3v) is 2.79. The number of urea groups is 1. The Bertz CT molecular complexity index is 489. The molecule has 0 aliphatic rings. The number of benzene rings is 1. The van der Waals surface area contributed by atoms with Crippen LogP contribution in [0.15, 0.2) is 17.1 Å². The monoisotopic (exact) mass is 284 g/mol. The standard InChI is InChI=1S/C12H17ClN4O2/c1-4-17(12(18)16-11(14)15)10-7(2)5-8(19-3)6-9(10)13/h5-6H,4H2,1-3H3,(H4,14,15,16,18). The number of carbonyl (C=O) groups is 1. The lowest BCUT2D eigenvalue weighted by Gasteiger charge is -2.22. The zero-order chi connectivity index (χ0) is 14.6. The molecule has 0 radical (unpaired) electrons. The highest BCUT2D eigenvalue weighted by Gasteiger charge is 2.19. The van der Waals surface area contributed by atoms with E-state index in [-0.39, 0.29) is 5.96 Å². The number of hydrogen-bond acceptors (Lipinski definition) is 2. The number of hydrogen-bond donors (Lipinski definition) is 2. The van der Waals surface area contributed by atoms with E-state index in [0.29, 0.717) is 23.0 Å². The molecule has 0 saturated carbocycles. The van der Waals surface area contributed by atoms with E-state index in [1.165, 1.54) is 4.90 Å². The van der Waals surface area contributed by atoms with Gasteiger partial charge in [-0.1, -0.05) is 11.6 Å². The van der Waals surface area contributed by atoms with Gasteiger partial charge in [-0.05, 0) is 25.5 Å². The number of nitrogens with two attached hydrogens (primary N) is 2. The summed E-state index contributed by atoms with van der Waals surface area (Å²) in [4.78, 5) is 16.9. The average molecular weight is 285 g/mol. The first kappa shape index (κ1) is 15.1. The van der Waals surface area contributed by atoms with Crippen molar-refractivity contribution < 1.29 is 9.53 Å².